The summed E-state index contributed by atoms with van der Waals surface area (Å²) < 4.78 is 6.14. The maximum absolute atomic E-state index is 11.9. The summed E-state index contributed by atoms with van der Waals surface area (Å²) in [6.07, 6.45) is 5.70. The van der Waals surface area contributed by atoms with Crippen LogP contribution in [0.25, 0.3) is 0 Å². The van der Waals surface area contributed by atoms with Gasteiger partial charge in [-0.05, 0) is 44.5 Å². The Bertz CT molecular complexity index is 827. The van der Waals surface area contributed by atoms with Crippen molar-refractivity contribution in [3.63, 3.8) is 0 Å². The van der Waals surface area contributed by atoms with Gasteiger partial charge in [0.1, 0.15) is 12.4 Å². The van der Waals surface area contributed by atoms with Gasteiger partial charge in [-0.25, -0.2) is 5.10 Å². The molecule has 4 rings (SSSR count). The fraction of sp³-hybridized carbons (Fsp3) is 0.500. The van der Waals surface area contributed by atoms with Crippen LogP contribution in [0.2, 0.25) is 0 Å². The van der Waals surface area contributed by atoms with E-state index in [2.05, 4.69) is 38.2 Å². The van der Waals surface area contributed by atoms with E-state index >= 15 is 0 Å². The first-order valence-electron chi connectivity index (χ1n) is 9.47. The zero-order chi connectivity index (χ0) is 17.9. The van der Waals surface area contributed by atoms with E-state index in [0.29, 0.717) is 5.56 Å². The average molecular weight is 354 g/mol. The Morgan fingerprint density at radius 3 is 2.88 bits per heavy atom. The van der Waals surface area contributed by atoms with E-state index in [-0.39, 0.29) is 5.56 Å². The van der Waals surface area contributed by atoms with E-state index in [4.69, 9.17) is 4.74 Å². The molecule has 1 fully saturated rings. The van der Waals surface area contributed by atoms with Crippen LogP contribution in [0.1, 0.15) is 36.0 Å². The molecule has 0 saturated carbocycles. The van der Waals surface area contributed by atoms with Gasteiger partial charge in [-0.15, -0.1) is 0 Å². The van der Waals surface area contributed by atoms with E-state index in [0.717, 1.165) is 37.7 Å². The molecular weight excluding hydrogens is 328 g/mol. The Morgan fingerprint density at radius 1 is 1.19 bits per heavy atom. The molecule has 6 nitrogen and oxygen atoms in total. The van der Waals surface area contributed by atoms with Crippen molar-refractivity contribution in [2.24, 2.45) is 0 Å². The molecule has 0 spiro atoms. The van der Waals surface area contributed by atoms with Crippen molar-refractivity contribution >= 4 is 5.69 Å². The largest absolute Gasteiger partial charge is 0.492 e. The van der Waals surface area contributed by atoms with Crippen LogP contribution in [0.4, 0.5) is 5.69 Å². The van der Waals surface area contributed by atoms with Crippen LogP contribution in [-0.4, -0.2) is 41.3 Å². The molecule has 2 aliphatic rings. The van der Waals surface area contributed by atoms with Crippen LogP contribution >= 0.6 is 0 Å². The molecule has 1 aromatic heterocycles. The number of hydrogen-bond acceptors (Lipinski definition) is 5. The van der Waals surface area contributed by atoms with Crippen molar-refractivity contribution in [2.45, 2.75) is 39.3 Å². The summed E-state index contributed by atoms with van der Waals surface area (Å²) in [6, 6.07) is 6.26. The Hall–Kier alpha value is -2.34. The topological polar surface area (TPSA) is 61.5 Å². The van der Waals surface area contributed by atoms with Crippen molar-refractivity contribution < 1.29 is 4.74 Å². The highest BCUT2D eigenvalue weighted by Crippen LogP contribution is 2.34. The summed E-state index contributed by atoms with van der Waals surface area (Å²) in [5.74, 6) is 0.970. The smallest absolute Gasteiger partial charge is 0.269 e. The summed E-state index contributed by atoms with van der Waals surface area (Å²) in [4.78, 5) is 16.5. The number of piperidine rings is 1. The van der Waals surface area contributed by atoms with Gasteiger partial charge in [0.15, 0.2) is 0 Å². The SMILES string of the molecule is Cc1c(N2Cc3cccc(OCCN4CCCCC4)c3C2)cn[nH]c1=O. The zero-order valence-electron chi connectivity index (χ0n) is 15.3. The first kappa shape index (κ1) is 17.1. The van der Waals surface area contributed by atoms with Crippen LogP contribution < -0.4 is 15.2 Å². The second-order valence-electron chi connectivity index (χ2n) is 7.21. The minimum absolute atomic E-state index is 0.128. The predicted octanol–water partition coefficient (Wildman–Crippen LogP) is 2.46. The summed E-state index contributed by atoms with van der Waals surface area (Å²) >= 11 is 0. The van der Waals surface area contributed by atoms with Crippen molar-refractivity contribution in [3.05, 3.63) is 51.4 Å². The molecule has 26 heavy (non-hydrogen) atoms. The third-order valence-electron chi connectivity index (χ3n) is 5.47. The molecule has 0 radical (unpaired) electrons. The quantitative estimate of drug-likeness (QED) is 0.894. The Balaban J connectivity index is 1.44. The number of H-pyrrole nitrogens is 1. The first-order chi connectivity index (χ1) is 12.7. The molecule has 138 valence electrons. The number of rotatable bonds is 5. The molecule has 1 N–H and O–H groups in total. The Kier molecular flexibility index (Phi) is 4.93. The van der Waals surface area contributed by atoms with Gasteiger partial charge >= 0.3 is 0 Å². The minimum atomic E-state index is -0.128. The monoisotopic (exact) mass is 354 g/mol. The van der Waals surface area contributed by atoms with Gasteiger partial charge in [-0.3, -0.25) is 9.69 Å². The van der Waals surface area contributed by atoms with Crippen molar-refractivity contribution in [2.75, 3.05) is 31.1 Å². The van der Waals surface area contributed by atoms with Gasteiger partial charge in [-0.1, -0.05) is 18.6 Å². The molecule has 1 aromatic carbocycles. The fourth-order valence-corrected chi connectivity index (χ4v) is 3.93. The number of fused-ring (bicyclic) bond motifs is 1. The predicted molar refractivity (Wildman–Crippen MR) is 102 cm³/mol. The number of hydrogen-bond donors (Lipinski definition) is 1. The van der Waals surface area contributed by atoms with Gasteiger partial charge in [0, 0.05) is 30.8 Å². The molecule has 0 bridgehead atoms. The van der Waals surface area contributed by atoms with E-state index in [1.165, 1.54) is 43.5 Å². The molecule has 1 saturated heterocycles. The van der Waals surface area contributed by atoms with Crippen LogP contribution in [0.15, 0.2) is 29.2 Å². The Morgan fingerprint density at radius 2 is 2.04 bits per heavy atom. The highest BCUT2D eigenvalue weighted by Gasteiger charge is 2.24. The number of benzene rings is 1. The van der Waals surface area contributed by atoms with Crippen molar-refractivity contribution in [1.29, 1.82) is 0 Å². The number of aromatic nitrogens is 2. The highest BCUT2D eigenvalue weighted by molar-refractivity contribution is 5.57. The highest BCUT2D eigenvalue weighted by atomic mass is 16.5. The van der Waals surface area contributed by atoms with E-state index in [9.17, 15) is 4.79 Å². The normalized spacial score (nSPS) is 17.3. The van der Waals surface area contributed by atoms with E-state index in [1.54, 1.807) is 6.20 Å². The number of nitrogens with zero attached hydrogens (tertiary/aromatic N) is 3. The molecule has 0 aliphatic carbocycles. The second kappa shape index (κ2) is 7.50. The fourth-order valence-electron chi connectivity index (χ4n) is 3.93. The van der Waals surface area contributed by atoms with E-state index < -0.39 is 0 Å². The number of aromatic amines is 1. The molecule has 0 amide bonds. The molecule has 2 aromatic rings. The molecular formula is C20H26N4O2. The third-order valence-corrected chi connectivity index (χ3v) is 5.47. The lowest BCUT2D eigenvalue weighted by molar-refractivity contribution is 0.183. The number of anilines is 1. The van der Waals surface area contributed by atoms with Crippen molar-refractivity contribution in [3.8, 4) is 5.75 Å². The molecule has 0 atom stereocenters. The number of nitrogens with one attached hydrogen (secondary N) is 1. The molecule has 6 heteroatoms. The third kappa shape index (κ3) is 3.46. The summed E-state index contributed by atoms with van der Waals surface area (Å²) in [5.41, 5.74) is 3.96. The lowest BCUT2D eigenvalue weighted by atomic mass is 10.1. The van der Waals surface area contributed by atoms with E-state index in [1.807, 2.05) is 6.92 Å². The lowest BCUT2D eigenvalue weighted by Gasteiger charge is -2.26. The summed E-state index contributed by atoms with van der Waals surface area (Å²) in [5, 5.41) is 6.45. The summed E-state index contributed by atoms with van der Waals surface area (Å²) in [6.45, 7) is 7.48. The van der Waals surface area contributed by atoms with Gasteiger partial charge in [0.25, 0.3) is 5.56 Å². The molecule has 2 aliphatic heterocycles. The van der Waals surface area contributed by atoms with Gasteiger partial charge < -0.3 is 9.64 Å². The maximum Gasteiger partial charge on any atom is 0.269 e. The minimum Gasteiger partial charge on any atom is -0.492 e. The standard InChI is InChI=1S/C20H26N4O2/c1-15-18(12-21-22-20(15)25)24-13-16-6-5-7-19(17(16)14-24)26-11-10-23-8-3-2-4-9-23/h5-7,12H,2-4,8-11,13-14H2,1H3,(H,22,25). The Labute approximate surface area is 153 Å². The zero-order valence-corrected chi connectivity index (χ0v) is 15.3. The summed E-state index contributed by atoms with van der Waals surface area (Å²) in [7, 11) is 0. The van der Waals surface area contributed by atoms with Crippen LogP contribution in [0.5, 0.6) is 5.75 Å². The molecule has 3 heterocycles. The van der Waals surface area contributed by atoms with Crippen LogP contribution in [0.3, 0.4) is 0 Å². The number of likely N-dealkylation sites (tertiary alicyclic amines) is 1. The first-order valence-corrected chi connectivity index (χ1v) is 9.47. The van der Waals surface area contributed by atoms with Crippen molar-refractivity contribution in [1.82, 2.24) is 15.1 Å². The lowest BCUT2D eigenvalue weighted by Crippen LogP contribution is -2.33. The van der Waals surface area contributed by atoms with Gasteiger partial charge in [0.2, 0.25) is 0 Å². The van der Waals surface area contributed by atoms with Gasteiger partial charge in [-0.2, -0.15) is 5.10 Å². The van der Waals surface area contributed by atoms with Gasteiger partial charge in [0.05, 0.1) is 11.9 Å². The number of ether oxygens (including phenoxy) is 1. The second-order valence-corrected chi connectivity index (χ2v) is 7.21. The van der Waals surface area contributed by atoms with Crippen LogP contribution in [0, 0.1) is 6.92 Å². The maximum atomic E-state index is 11.9. The average Bonchev–Trinajstić information content (AvgIpc) is 3.10. The molecule has 0 unspecified atom stereocenters. The van der Waals surface area contributed by atoms with Crippen LogP contribution in [-0.2, 0) is 13.1 Å².